The second-order valence-corrected chi connectivity index (χ2v) is 7.58. The van der Waals surface area contributed by atoms with Crippen LogP contribution in [0.3, 0.4) is 0 Å². The van der Waals surface area contributed by atoms with Gasteiger partial charge in [0.15, 0.2) is 0 Å². The minimum Gasteiger partial charge on any atom is -0.399 e. The molecular weight excluding hydrogens is 356 g/mol. The van der Waals surface area contributed by atoms with Crippen molar-refractivity contribution in [3.63, 3.8) is 0 Å². The summed E-state index contributed by atoms with van der Waals surface area (Å²) in [6.07, 6.45) is 2.82. The summed E-state index contributed by atoms with van der Waals surface area (Å²) in [4.78, 5) is 23.9. The van der Waals surface area contributed by atoms with E-state index in [1.807, 2.05) is 24.3 Å². The van der Waals surface area contributed by atoms with E-state index in [1.54, 1.807) is 11.8 Å². The summed E-state index contributed by atoms with van der Waals surface area (Å²) in [6, 6.07) is 15.9. The minimum atomic E-state index is -0.0315. The molecule has 1 aliphatic heterocycles. The minimum absolute atomic E-state index is 0.0315. The van der Waals surface area contributed by atoms with Crippen molar-refractivity contribution < 1.29 is 0 Å². The SMILES string of the molecule is CSc1ccccc1CN1CCc2c(nc(-c3ccc(N)cc3)[nH]c2=O)C1. The number of H-pyrrole nitrogens is 1. The maximum absolute atomic E-state index is 12.5. The number of rotatable bonds is 4. The predicted octanol–water partition coefficient (Wildman–Crippen LogP) is 3.30. The van der Waals surface area contributed by atoms with Crippen molar-refractivity contribution >= 4 is 17.4 Å². The van der Waals surface area contributed by atoms with Gasteiger partial charge in [-0.3, -0.25) is 9.69 Å². The second-order valence-electron chi connectivity index (χ2n) is 6.73. The van der Waals surface area contributed by atoms with E-state index >= 15 is 0 Å². The van der Waals surface area contributed by atoms with Gasteiger partial charge in [0.1, 0.15) is 5.82 Å². The maximum atomic E-state index is 12.5. The molecule has 138 valence electrons. The molecule has 27 heavy (non-hydrogen) atoms. The van der Waals surface area contributed by atoms with Crippen molar-refractivity contribution in [2.24, 2.45) is 0 Å². The molecule has 0 atom stereocenters. The van der Waals surface area contributed by atoms with Crippen LogP contribution in [0, 0.1) is 0 Å². The largest absolute Gasteiger partial charge is 0.399 e. The number of hydrogen-bond donors (Lipinski definition) is 2. The monoisotopic (exact) mass is 378 g/mol. The van der Waals surface area contributed by atoms with Crippen molar-refractivity contribution in [2.75, 3.05) is 18.5 Å². The number of nitrogens with zero attached hydrogens (tertiary/aromatic N) is 2. The van der Waals surface area contributed by atoms with Crippen LogP contribution in [0.2, 0.25) is 0 Å². The Labute approximate surface area is 162 Å². The lowest BCUT2D eigenvalue weighted by Gasteiger charge is -2.28. The smallest absolute Gasteiger partial charge is 0.254 e. The Morgan fingerprint density at radius 2 is 1.96 bits per heavy atom. The Balaban J connectivity index is 1.61. The van der Waals surface area contributed by atoms with Crippen LogP contribution in [0.5, 0.6) is 0 Å². The summed E-state index contributed by atoms with van der Waals surface area (Å²) in [5.74, 6) is 0.602. The van der Waals surface area contributed by atoms with Crippen LogP contribution in [-0.4, -0.2) is 27.7 Å². The van der Waals surface area contributed by atoms with Crippen molar-refractivity contribution in [3.8, 4) is 11.4 Å². The van der Waals surface area contributed by atoms with Crippen LogP contribution < -0.4 is 11.3 Å². The van der Waals surface area contributed by atoms with Gasteiger partial charge in [-0.05, 0) is 48.6 Å². The summed E-state index contributed by atoms with van der Waals surface area (Å²) in [5.41, 5.74) is 10.3. The van der Waals surface area contributed by atoms with E-state index in [0.717, 1.165) is 36.3 Å². The molecule has 5 nitrogen and oxygen atoms in total. The number of nitrogen functional groups attached to an aromatic ring is 1. The van der Waals surface area contributed by atoms with Crippen molar-refractivity contribution in [3.05, 3.63) is 75.7 Å². The highest BCUT2D eigenvalue weighted by Gasteiger charge is 2.22. The van der Waals surface area contributed by atoms with Gasteiger partial charge in [-0.2, -0.15) is 0 Å². The van der Waals surface area contributed by atoms with Gasteiger partial charge in [0.05, 0.1) is 5.69 Å². The Hall–Kier alpha value is -2.57. The first-order valence-corrected chi connectivity index (χ1v) is 10.2. The summed E-state index contributed by atoms with van der Waals surface area (Å²) >= 11 is 1.77. The average Bonchev–Trinajstić information content (AvgIpc) is 2.68. The summed E-state index contributed by atoms with van der Waals surface area (Å²) in [5, 5.41) is 0. The molecule has 4 rings (SSSR count). The van der Waals surface area contributed by atoms with Gasteiger partial charge in [-0.15, -0.1) is 11.8 Å². The van der Waals surface area contributed by atoms with E-state index in [1.165, 1.54) is 10.5 Å². The molecule has 3 aromatic rings. The zero-order chi connectivity index (χ0) is 18.8. The lowest BCUT2D eigenvalue weighted by atomic mass is 10.0. The molecule has 0 radical (unpaired) electrons. The molecule has 0 aliphatic carbocycles. The molecule has 0 fully saturated rings. The molecule has 0 amide bonds. The third-order valence-electron chi connectivity index (χ3n) is 4.92. The highest BCUT2D eigenvalue weighted by molar-refractivity contribution is 7.98. The lowest BCUT2D eigenvalue weighted by Crippen LogP contribution is -2.35. The average molecular weight is 379 g/mol. The van der Waals surface area contributed by atoms with Crippen LogP contribution in [0.15, 0.2) is 58.2 Å². The van der Waals surface area contributed by atoms with Crippen molar-refractivity contribution in [2.45, 2.75) is 24.4 Å². The molecule has 0 unspecified atom stereocenters. The van der Waals surface area contributed by atoms with Gasteiger partial charge >= 0.3 is 0 Å². The fourth-order valence-corrected chi connectivity index (χ4v) is 4.09. The molecule has 6 heteroatoms. The Morgan fingerprint density at radius 3 is 2.74 bits per heavy atom. The molecule has 2 aromatic carbocycles. The van der Waals surface area contributed by atoms with Crippen LogP contribution in [0.25, 0.3) is 11.4 Å². The first-order chi connectivity index (χ1) is 13.1. The van der Waals surface area contributed by atoms with Gasteiger partial charge in [0.2, 0.25) is 0 Å². The molecular formula is C21H22N4OS. The maximum Gasteiger partial charge on any atom is 0.254 e. The molecule has 3 N–H and O–H groups in total. The van der Waals surface area contributed by atoms with E-state index in [2.05, 4.69) is 40.4 Å². The zero-order valence-corrected chi connectivity index (χ0v) is 16.1. The van der Waals surface area contributed by atoms with E-state index in [4.69, 9.17) is 10.7 Å². The first kappa shape index (κ1) is 17.8. The van der Waals surface area contributed by atoms with Gasteiger partial charge in [-0.1, -0.05) is 18.2 Å². The summed E-state index contributed by atoms with van der Waals surface area (Å²) in [7, 11) is 0. The Kier molecular flexibility index (Phi) is 5.01. The predicted molar refractivity (Wildman–Crippen MR) is 111 cm³/mol. The van der Waals surface area contributed by atoms with Crippen LogP contribution in [0.4, 0.5) is 5.69 Å². The number of aromatic nitrogens is 2. The first-order valence-electron chi connectivity index (χ1n) is 8.96. The van der Waals surface area contributed by atoms with Gasteiger partial charge in [0, 0.05) is 41.3 Å². The molecule has 0 spiro atoms. The molecule has 0 saturated heterocycles. The number of aromatic amines is 1. The molecule has 0 bridgehead atoms. The Morgan fingerprint density at radius 1 is 1.19 bits per heavy atom. The number of benzene rings is 2. The zero-order valence-electron chi connectivity index (χ0n) is 15.2. The molecule has 1 aliphatic rings. The fraction of sp³-hybridized carbons (Fsp3) is 0.238. The third-order valence-corrected chi connectivity index (χ3v) is 5.76. The normalized spacial score (nSPS) is 14.1. The van der Waals surface area contributed by atoms with E-state index in [-0.39, 0.29) is 5.56 Å². The number of thioether (sulfide) groups is 1. The fourth-order valence-electron chi connectivity index (χ4n) is 3.48. The van der Waals surface area contributed by atoms with E-state index in [9.17, 15) is 4.79 Å². The number of nitrogens with one attached hydrogen (secondary N) is 1. The summed E-state index contributed by atoms with van der Waals surface area (Å²) in [6.45, 7) is 2.41. The number of fused-ring (bicyclic) bond motifs is 1. The van der Waals surface area contributed by atoms with Crippen LogP contribution in [0.1, 0.15) is 16.8 Å². The molecule has 2 heterocycles. The highest BCUT2D eigenvalue weighted by atomic mass is 32.2. The standard InChI is InChI=1S/C21H22N4OS/c1-27-19-5-3-2-4-15(19)12-25-11-10-17-18(13-25)23-20(24-21(17)26)14-6-8-16(22)9-7-14/h2-9H,10-13,22H2,1H3,(H,23,24,26). The quantitative estimate of drug-likeness (QED) is 0.538. The second kappa shape index (κ2) is 7.58. The number of anilines is 1. The summed E-state index contributed by atoms with van der Waals surface area (Å²) < 4.78 is 0. The third kappa shape index (κ3) is 3.77. The van der Waals surface area contributed by atoms with Gasteiger partial charge in [0.25, 0.3) is 5.56 Å². The van der Waals surface area contributed by atoms with E-state index in [0.29, 0.717) is 18.1 Å². The Bertz CT molecular complexity index is 1010. The topological polar surface area (TPSA) is 75.0 Å². The molecule has 0 saturated carbocycles. The number of hydrogen-bond acceptors (Lipinski definition) is 5. The highest BCUT2D eigenvalue weighted by Crippen LogP contribution is 2.24. The number of nitrogens with two attached hydrogens (primary N) is 1. The van der Waals surface area contributed by atoms with Gasteiger partial charge < -0.3 is 10.7 Å². The lowest BCUT2D eigenvalue weighted by molar-refractivity contribution is 0.239. The van der Waals surface area contributed by atoms with Crippen molar-refractivity contribution in [1.29, 1.82) is 0 Å². The van der Waals surface area contributed by atoms with Gasteiger partial charge in [-0.25, -0.2) is 4.98 Å². The molecule has 1 aromatic heterocycles. The van der Waals surface area contributed by atoms with Crippen molar-refractivity contribution in [1.82, 2.24) is 14.9 Å². The van der Waals surface area contributed by atoms with Crippen LogP contribution in [-0.2, 0) is 19.5 Å². The van der Waals surface area contributed by atoms with E-state index < -0.39 is 0 Å². The van der Waals surface area contributed by atoms with Crippen LogP contribution >= 0.6 is 11.8 Å².